The second-order valence-electron chi connectivity index (χ2n) is 4.81. The van der Waals surface area contributed by atoms with Crippen LogP contribution in [0.4, 0.5) is 10.1 Å². The lowest BCUT2D eigenvalue weighted by molar-refractivity contribution is 0.577. The quantitative estimate of drug-likeness (QED) is 0.808. The van der Waals surface area contributed by atoms with Crippen LogP contribution in [-0.4, -0.2) is 34.6 Å². The SMILES string of the molecule is CCNCc1cn(CCN(CC)c2cccc(F)c2)nn1. The van der Waals surface area contributed by atoms with Gasteiger partial charge in [-0.1, -0.05) is 18.2 Å². The molecule has 0 aliphatic heterocycles. The fourth-order valence-corrected chi connectivity index (χ4v) is 2.15. The van der Waals surface area contributed by atoms with Crippen LogP contribution in [0.2, 0.25) is 0 Å². The molecule has 2 aromatic rings. The molecule has 0 unspecified atom stereocenters. The van der Waals surface area contributed by atoms with Crippen molar-refractivity contribution < 1.29 is 4.39 Å². The summed E-state index contributed by atoms with van der Waals surface area (Å²) in [7, 11) is 0. The Kier molecular flexibility index (Phi) is 5.68. The fourth-order valence-electron chi connectivity index (χ4n) is 2.15. The Morgan fingerprint density at radius 2 is 2.19 bits per heavy atom. The minimum absolute atomic E-state index is 0.209. The molecule has 2 rings (SSSR count). The zero-order valence-electron chi connectivity index (χ0n) is 12.6. The average Bonchev–Trinajstić information content (AvgIpc) is 2.94. The zero-order valence-corrected chi connectivity index (χ0v) is 12.6. The number of nitrogens with one attached hydrogen (secondary N) is 1. The first kappa shape index (κ1) is 15.4. The highest BCUT2D eigenvalue weighted by Gasteiger charge is 2.06. The summed E-state index contributed by atoms with van der Waals surface area (Å²) in [5.41, 5.74) is 1.83. The Hall–Kier alpha value is -1.95. The Bertz CT molecular complexity index is 555. The zero-order chi connectivity index (χ0) is 15.1. The van der Waals surface area contributed by atoms with Gasteiger partial charge in [0, 0.05) is 31.5 Å². The summed E-state index contributed by atoms with van der Waals surface area (Å²) in [6.45, 7) is 8.08. The van der Waals surface area contributed by atoms with Gasteiger partial charge in [-0.3, -0.25) is 4.68 Å². The van der Waals surface area contributed by atoms with Gasteiger partial charge in [-0.2, -0.15) is 0 Å². The highest BCUT2D eigenvalue weighted by Crippen LogP contribution is 2.15. The van der Waals surface area contributed by atoms with Gasteiger partial charge < -0.3 is 10.2 Å². The van der Waals surface area contributed by atoms with Gasteiger partial charge in [-0.05, 0) is 31.7 Å². The van der Waals surface area contributed by atoms with E-state index < -0.39 is 0 Å². The Balaban J connectivity index is 1.92. The van der Waals surface area contributed by atoms with Crippen molar-refractivity contribution in [2.45, 2.75) is 26.9 Å². The Morgan fingerprint density at radius 3 is 2.90 bits per heavy atom. The molecule has 1 heterocycles. The van der Waals surface area contributed by atoms with Crippen LogP contribution in [-0.2, 0) is 13.1 Å². The molecule has 0 spiro atoms. The highest BCUT2D eigenvalue weighted by molar-refractivity contribution is 5.46. The molecule has 1 N–H and O–H groups in total. The summed E-state index contributed by atoms with van der Waals surface area (Å²) in [5, 5.41) is 11.4. The van der Waals surface area contributed by atoms with E-state index in [0.717, 1.165) is 44.1 Å². The van der Waals surface area contributed by atoms with Crippen LogP contribution >= 0.6 is 0 Å². The number of likely N-dealkylation sites (N-methyl/N-ethyl adjacent to an activating group) is 1. The molecular weight excluding hydrogens is 269 g/mol. The molecule has 0 bridgehead atoms. The summed E-state index contributed by atoms with van der Waals surface area (Å²) in [6, 6.07) is 6.67. The lowest BCUT2D eigenvalue weighted by Crippen LogP contribution is -2.27. The van der Waals surface area contributed by atoms with Crippen LogP contribution in [0.1, 0.15) is 19.5 Å². The first-order chi connectivity index (χ1) is 10.2. The summed E-state index contributed by atoms with van der Waals surface area (Å²) in [6.07, 6.45) is 1.95. The van der Waals surface area contributed by atoms with E-state index >= 15 is 0 Å². The maximum atomic E-state index is 13.3. The molecule has 0 aliphatic rings. The van der Waals surface area contributed by atoms with Crippen LogP contribution in [0.5, 0.6) is 0 Å². The summed E-state index contributed by atoms with van der Waals surface area (Å²) >= 11 is 0. The largest absolute Gasteiger partial charge is 0.370 e. The van der Waals surface area contributed by atoms with Crippen molar-refractivity contribution in [3.8, 4) is 0 Å². The molecule has 0 radical (unpaired) electrons. The first-order valence-corrected chi connectivity index (χ1v) is 7.33. The van der Waals surface area contributed by atoms with E-state index in [1.54, 1.807) is 12.1 Å². The minimum Gasteiger partial charge on any atom is -0.370 e. The van der Waals surface area contributed by atoms with Crippen molar-refractivity contribution in [2.24, 2.45) is 0 Å². The third kappa shape index (κ3) is 4.53. The lowest BCUT2D eigenvalue weighted by Gasteiger charge is -2.22. The molecule has 0 aliphatic carbocycles. The van der Waals surface area contributed by atoms with Gasteiger partial charge in [0.2, 0.25) is 0 Å². The second-order valence-corrected chi connectivity index (χ2v) is 4.81. The normalized spacial score (nSPS) is 10.8. The van der Waals surface area contributed by atoms with Crippen LogP contribution < -0.4 is 10.2 Å². The monoisotopic (exact) mass is 291 g/mol. The summed E-state index contributed by atoms with van der Waals surface area (Å²) in [4.78, 5) is 2.12. The molecule has 5 nitrogen and oxygen atoms in total. The number of benzene rings is 1. The Morgan fingerprint density at radius 1 is 1.33 bits per heavy atom. The van der Waals surface area contributed by atoms with Crippen molar-refractivity contribution in [2.75, 3.05) is 24.5 Å². The van der Waals surface area contributed by atoms with Crippen molar-refractivity contribution in [1.82, 2.24) is 20.3 Å². The van der Waals surface area contributed by atoms with Crippen LogP contribution in [0.25, 0.3) is 0 Å². The van der Waals surface area contributed by atoms with Gasteiger partial charge in [-0.15, -0.1) is 5.10 Å². The minimum atomic E-state index is -0.209. The molecule has 21 heavy (non-hydrogen) atoms. The molecule has 0 saturated carbocycles. The molecule has 1 aromatic carbocycles. The van der Waals surface area contributed by atoms with Gasteiger partial charge >= 0.3 is 0 Å². The topological polar surface area (TPSA) is 46.0 Å². The smallest absolute Gasteiger partial charge is 0.125 e. The van der Waals surface area contributed by atoms with Crippen molar-refractivity contribution in [3.63, 3.8) is 0 Å². The summed E-state index contributed by atoms with van der Waals surface area (Å²) in [5.74, 6) is -0.209. The lowest BCUT2D eigenvalue weighted by atomic mass is 10.2. The van der Waals surface area contributed by atoms with Gasteiger partial charge in [0.1, 0.15) is 5.82 Å². The molecule has 6 heteroatoms. The van der Waals surface area contributed by atoms with Crippen molar-refractivity contribution in [1.29, 1.82) is 0 Å². The van der Waals surface area contributed by atoms with Crippen LogP contribution in [0, 0.1) is 5.82 Å². The molecular formula is C15H22FN5. The maximum absolute atomic E-state index is 13.3. The van der Waals surface area contributed by atoms with E-state index in [0.29, 0.717) is 0 Å². The fraction of sp³-hybridized carbons (Fsp3) is 0.467. The molecule has 114 valence electrons. The van der Waals surface area contributed by atoms with E-state index in [4.69, 9.17) is 0 Å². The van der Waals surface area contributed by atoms with Gasteiger partial charge in [0.15, 0.2) is 0 Å². The number of halogens is 1. The Labute approximate surface area is 124 Å². The second kappa shape index (κ2) is 7.73. The van der Waals surface area contributed by atoms with Crippen molar-refractivity contribution in [3.05, 3.63) is 42.0 Å². The third-order valence-corrected chi connectivity index (χ3v) is 3.30. The number of hydrogen-bond acceptors (Lipinski definition) is 4. The number of anilines is 1. The number of rotatable bonds is 8. The van der Waals surface area contributed by atoms with Crippen molar-refractivity contribution >= 4 is 5.69 Å². The predicted molar refractivity (Wildman–Crippen MR) is 81.7 cm³/mol. The van der Waals surface area contributed by atoms with E-state index in [2.05, 4.69) is 34.4 Å². The molecule has 0 fully saturated rings. The highest BCUT2D eigenvalue weighted by atomic mass is 19.1. The van der Waals surface area contributed by atoms with Gasteiger partial charge in [0.05, 0.1) is 12.2 Å². The maximum Gasteiger partial charge on any atom is 0.125 e. The van der Waals surface area contributed by atoms with E-state index in [1.807, 2.05) is 16.9 Å². The average molecular weight is 291 g/mol. The number of nitrogens with zero attached hydrogens (tertiary/aromatic N) is 4. The van der Waals surface area contributed by atoms with Crippen LogP contribution in [0.15, 0.2) is 30.5 Å². The van der Waals surface area contributed by atoms with E-state index in [1.165, 1.54) is 6.07 Å². The predicted octanol–water partition coefficient (Wildman–Crippen LogP) is 2.05. The third-order valence-electron chi connectivity index (χ3n) is 3.30. The summed E-state index contributed by atoms with van der Waals surface area (Å²) < 4.78 is 15.1. The molecule has 1 aromatic heterocycles. The molecule has 0 amide bonds. The first-order valence-electron chi connectivity index (χ1n) is 7.33. The van der Waals surface area contributed by atoms with E-state index in [9.17, 15) is 4.39 Å². The molecule has 0 saturated heterocycles. The van der Waals surface area contributed by atoms with E-state index in [-0.39, 0.29) is 5.82 Å². The van der Waals surface area contributed by atoms with Crippen LogP contribution in [0.3, 0.4) is 0 Å². The standard InChI is InChI=1S/C15H22FN5/c1-3-17-11-14-12-21(19-18-14)9-8-20(4-2)15-7-5-6-13(16)10-15/h5-7,10,12,17H,3-4,8-9,11H2,1-2H3. The number of hydrogen-bond donors (Lipinski definition) is 1. The van der Waals surface area contributed by atoms with Gasteiger partial charge in [0.25, 0.3) is 0 Å². The number of aromatic nitrogens is 3. The molecule has 0 atom stereocenters. The van der Waals surface area contributed by atoms with Gasteiger partial charge in [-0.25, -0.2) is 4.39 Å².